The summed E-state index contributed by atoms with van der Waals surface area (Å²) in [4.78, 5) is 0. The van der Waals surface area contributed by atoms with Crippen LogP contribution in [0.25, 0.3) is 0 Å². The zero-order valence-electron chi connectivity index (χ0n) is 27.7. The number of allylic oxidation sites excluding steroid dienone is 2. The highest BCUT2D eigenvalue weighted by atomic mass is 16.7. The first-order valence-corrected chi connectivity index (χ1v) is 17.0. The van der Waals surface area contributed by atoms with Crippen LogP contribution >= 0.6 is 0 Å². The number of rotatable bonds is 3. The van der Waals surface area contributed by atoms with Crippen molar-refractivity contribution in [2.24, 2.45) is 50.2 Å². The Labute approximate surface area is 262 Å². The van der Waals surface area contributed by atoms with Gasteiger partial charge >= 0.3 is 0 Å². The van der Waals surface area contributed by atoms with Gasteiger partial charge in [0.15, 0.2) is 6.29 Å². The summed E-state index contributed by atoms with van der Waals surface area (Å²) in [7, 11) is 0. The largest absolute Gasteiger partial charge is 0.393 e. The Morgan fingerprint density at radius 1 is 0.795 bits per heavy atom. The van der Waals surface area contributed by atoms with E-state index in [-0.39, 0.29) is 46.9 Å². The molecular weight excluding hydrogens is 564 g/mol. The summed E-state index contributed by atoms with van der Waals surface area (Å²) in [6.07, 6.45) is -1.15. The van der Waals surface area contributed by atoms with Crippen LogP contribution in [0.15, 0.2) is 11.6 Å². The maximum absolute atomic E-state index is 12.3. The molecule has 0 radical (unpaired) electrons. The Hall–Kier alpha value is -0.620. The summed E-state index contributed by atoms with van der Waals surface area (Å²) >= 11 is 0. The highest BCUT2D eigenvalue weighted by Crippen LogP contribution is 2.75. The number of aliphatic hydroxyl groups excluding tert-OH is 7. The summed E-state index contributed by atoms with van der Waals surface area (Å²) < 4.78 is 11.6. The van der Waals surface area contributed by atoms with Gasteiger partial charge in [0.2, 0.25) is 0 Å². The van der Waals surface area contributed by atoms with Gasteiger partial charge in [-0.2, -0.15) is 0 Å². The highest BCUT2D eigenvalue weighted by Gasteiger charge is 2.72. The molecular formula is C35H58O9. The minimum atomic E-state index is -1.50. The van der Waals surface area contributed by atoms with Crippen molar-refractivity contribution in [1.82, 2.24) is 0 Å². The molecule has 0 bridgehead atoms. The minimum absolute atomic E-state index is 0.0464. The summed E-state index contributed by atoms with van der Waals surface area (Å²) in [6, 6.07) is 0. The molecule has 5 fully saturated rings. The molecule has 6 rings (SSSR count). The van der Waals surface area contributed by atoms with Gasteiger partial charge in [-0.25, -0.2) is 0 Å². The third-order valence-corrected chi connectivity index (χ3v) is 15.1. The van der Waals surface area contributed by atoms with Crippen molar-refractivity contribution in [1.29, 1.82) is 0 Å². The molecule has 44 heavy (non-hydrogen) atoms. The monoisotopic (exact) mass is 622 g/mol. The van der Waals surface area contributed by atoms with Crippen molar-refractivity contribution < 1.29 is 45.2 Å². The lowest BCUT2D eigenvalue weighted by atomic mass is 9.33. The second-order valence-corrected chi connectivity index (χ2v) is 17.7. The van der Waals surface area contributed by atoms with Crippen molar-refractivity contribution in [2.45, 2.75) is 142 Å². The minimum Gasteiger partial charge on any atom is -0.393 e. The van der Waals surface area contributed by atoms with E-state index in [0.717, 1.165) is 32.1 Å². The lowest BCUT2D eigenvalue weighted by Crippen LogP contribution is -2.72. The van der Waals surface area contributed by atoms with E-state index < -0.39 is 53.7 Å². The highest BCUT2D eigenvalue weighted by molar-refractivity contribution is 5.36. The summed E-state index contributed by atoms with van der Waals surface area (Å²) in [6.45, 7) is 15.2. The van der Waals surface area contributed by atoms with Gasteiger partial charge in [0, 0.05) is 0 Å². The first kappa shape index (κ1) is 33.3. The molecule has 0 aromatic rings. The zero-order valence-corrected chi connectivity index (χ0v) is 27.7. The lowest BCUT2D eigenvalue weighted by Gasteiger charge is -2.72. The van der Waals surface area contributed by atoms with Gasteiger partial charge in [-0.3, -0.25) is 0 Å². The standard InChI is InChI=1S/C35H58O9/c1-30(2)14-19-18-8-9-22-32(5)12-11-23(37)31(3,4)21(32)10-13-33(22,6)34(18,7)15-24(38)35(19,28(42)27(30)41)17-44-29-26(40)25(39)20(36)16-43-29/h8,19-29,36-42H,9-17H2,1-7H3/t19-,20+,21-,22+,23+,24+,25+,26-,27+,28-,29-,32-,33+,34+,35-/m0/s1. The molecule has 0 spiro atoms. The summed E-state index contributed by atoms with van der Waals surface area (Å²) in [5.41, 5.74) is -1.27. The maximum atomic E-state index is 12.3. The van der Waals surface area contributed by atoms with E-state index in [9.17, 15) is 35.7 Å². The van der Waals surface area contributed by atoms with Gasteiger partial charge in [0.05, 0.1) is 43.0 Å². The second kappa shape index (κ2) is 10.4. The molecule has 4 saturated carbocycles. The molecule has 9 nitrogen and oxygen atoms in total. The van der Waals surface area contributed by atoms with Gasteiger partial charge in [-0.15, -0.1) is 0 Å². The summed E-state index contributed by atoms with van der Waals surface area (Å²) in [5.74, 6) is 0.475. The average molecular weight is 623 g/mol. The normalized spacial score (nSPS) is 56.4. The maximum Gasteiger partial charge on any atom is 0.186 e. The van der Waals surface area contributed by atoms with Crippen molar-refractivity contribution in [3.63, 3.8) is 0 Å². The molecule has 0 amide bonds. The lowest BCUT2D eigenvalue weighted by molar-refractivity contribution is -0.306. The van der Waals surface area contributed by atoms with E-state index in [1.807, 2.05) is 13.8 Å². The fraction of sp³-hybridized carbons (Fsp3) is 0.943. The van der Waals surface area contributed by atoms with Gasteiger partial charge < -0.3 is 45.2 Å². The van der Waals surface area contributed by atoms with Crippen LogP contribution in [-0.2, 0) is 9.47 Å². The Balaban J connectivity index is 1.40. The quantitative estimate of drug-likeness (QED) is 0.235. The Morgan fingerprint density at radius 2 is 1.48 bits per heavy atom. The van der Waals surface area contributed by atoms with Crippen molar-refractivity contribution in [3.8, 4) is 0 Å². The van der Waals surface area contributed by atoms with E-state index in [1.54, 1.807) is 0 Å². The Morgan fingerprint density at radius 3 is 2.16 bits per heavy atom. The molecule has 1 aliphatic heterocycles. The summed E-state index contributed by atoms with van der Waals surface area (Å²) in [5, 5.41) is 77.5. The van der Waals surface area contributed by atoms with E-state index in [4.69, 9.17) is 9.47 Å². The fourth-order valence-corrected chi connectivity index (χ4v) is 12.0. The van der Waals surface area contributed by atoms with Crippen molar-refractivity contribution in [2.75, 3.05) is 13.2 Å². The Kier molecular flexibility index (Phi) is 7.90. The molecule has 6 aliphatic rings. The predicted molar refractivity (Wildman–Crippen MR) is 163 cm³/mol. The molecule has 0 aromatic heterocycles. The van der Waals surface area contributed by atoms with Crippen LogP contribution < -0.4 is 0 Å². The molecule has 252 valence electrons. The molecule has 1 heterocycles. The van der Waals surface area contributed by atoms with Gasteiger partial charge in [-0.05, 0) is 89.8 Å². The predicted octanol–water partition coefficient (Wildman–Crippen LogP) is 2.52. The number of hydrogen-bond donors (Lipinski definition) is 7. The van der Waals surface area contributed by atoms with Crippen molar-refractivity contribution >= 4 is 0 Å². The zero-order chi connectivity index (χ0) is 32.4. The number of ether oxygens (including phenoxy) is 2. The third kappa shape index (κ3) is 4.22. The van der Waals surface area contributed by atoms with Crippen LogP contribution in [0, 0.1) is 50.2 Å². The van der Waals surface area contributed by atoms with Crippen LogP contribution in [0.1, 0.15) is 93.4 Å². The molecule has 9 heteroatoms. The SMILES string of the molecule is CC1(C)C[C@H]2C3=CC[C@@H]4[C@@]5(C)CC[C@@H](O)C(C)(C)[C@@H]5CC[C@@]4(C)[C@]3(C)C[C@@H](O)[C@@]2(CO[C@@H]2OC[C@@H](O)[C@@H](O)[C@@H]2O)[C@@H](O)[C@H]1O. The van der Waals surface area contributed by atoms with Gasteiger partial charge in [-0.1, -0.05) is 60.1 Å². The molecule has 0 aromatic carbocycles. The van der Waals surface area contributed by atoms with Crippen LogP contribution in [0.5, 0.6) is 0 Å². The number of aliphatic hydroxyl groups is 7. The topological polar surface area (TPSA) is 160 Å². The van der Waals surface area contributed by atoms with Crippen molar-refractivity contribution in [3.05, 3.63) is 11.6 Å². The van der Waals surface area contributed by atoms with Crippen LogP contribution in [0.3, 0.4) is 0 Å². The molecule has 1 saturated heterocycles. The fourth-order valence-electron chi connectivity index (χ4n) is 12.0. The average Bonchev–Trinajstić information content (AvgIpc) is 2.94. The first-order chi connectivity index (χ1) is 20.3. The van der Waals surface area contributed by atoms with E-state index in [1.165, 1.54) is 5.57 Å². The van der Waals surface area contributed by atoms with E-state index >= 15 is 0 Å². The Bertz CT molecular complexity index is 1160. The van der Waals surface area contributed by atoms with Gasteiger partial charge in [0.25, 0.3) is 0 Å². The van der Waals surface area contributed by atoms with E-state index in [2.05, 4.69) is 40.7 Å². The molecule has 5 aliphatic carbocycles. The van der Waals surface area contributed by atoms with Crippen LogP contribution in [-0.4, -0.2) is 98.0 Å². The van der Waals surface area contributed by atoms with E-state index in [0.29, 0.717) is 24.7 Å². The second-order valence-electron chi connectivity index (χ2n) is 17.7. The first-order valence-electron chi connectivity index (χ1n) is 17.0. The van der Waals surface area contributed by atoms with Gasteiger partial charge in [0.1, 0.15) is 18.3 Å². The molecule has 7 N–H and O–H groups in total. The van der Waals surface area contributed by atoms with Crippen LogP contribution in [0.2, 0.25) is 0 Å². The third-order valence-electron chi connectivity index (χ3n) is 15.1. The number of hydrogen-bond acceptors (Lipinski definition) is 9. The smallest absolute Gasteiger partial charge is 0.186 e. The molecule has 0 unspecified atom stereocenters. The van der Waals surface area contributed by atoms with Crippen LogP contribution in [0.4, 0.5) is 0 Å². The number of fused-ring (bicyclic) bond motifs is 7. The molecule has 15 atom stereocenters.